The maximum atomic E-state index is 5.78. The van der Waals surface area contributed by atoms with Crippen LogP contribution in [0.4, 0.5) is 0 Å². The zero-order valence-corrected chi connectivity index (χ0v) is 10.6. The Labute approximate surface area is 103 Å². The van der Waals surface area contributed by atoms with Crippen molar-refractivity contribution in [1.29, 1.82) is 0 Å². The monoisotopic (exact) mass is 238 g/mol. The Morgan fingerprint density at radius 1 is 1.44 bits per heavy atom. The number of fused-ring (bicyclic) bond motifs is 1. The van der Waals surface area contributed by atoms with Crippen LogP contribution in [-0.4, -0.2) is 13.0 Å². The highest BCUT2D eigenvalue weighted by molar-refractivity contribution is 6.17. The van der Waals surface area contributed by atoms with Crippen molar-refractivity contribution in [1.82, 2.24) is 0 Å². The Morgan fingerprint density at radius 2 is 2.31 bits per heavy atom. The summed E-state index contributed by atoms with van der Waals surface area (Å²) >= 11 is 5.78. The lowest BCUT2D eigenvalue weighted by molar-refractivity contribution is 0.401. The van der Waals surface area contributed by atoms with E-state index in [-0.39, 0.29) is 0 Å². The molecule has 1 nitrogen and oxygen atoms in total. The van der Waals surface area contributed by atoms with Crippen molar-refractivity contribution in [3.63, 3.8) is 0 Å². The van der Waals surface area contributed by atoms with E-state index in [4.69, 9.17) is 16.3 Å². The number of ether oxygens (including phenoxy) is 1. The predicted molar refractivity (Wildman–Crippen MR) is 68.6 cm³/mol. The standard InChI is InChI=1S/C14H19ClO/c1-16-14-9-3-7-12-11(6-4-10-15)5-2-8-13(12)14/h3,7,9,11H,2,4-6,8,10H2,1H3. The molecule has 0 aromatic heterocycles. The Morgan fingerprint density at radius 3 is 3.06 bits per heavy atom. The fourth-order valence-corrected chi connectivity index (χ4v) is 2.88. The first-order valence-corrected chi connectivity index (χ1v) is 6.62. The number of hydrogen-bond donors (Lipinski definition) is 0. The van der Waals surface area contributed by atoms with Crippen LogP contribution >= 0.6 is 11.6 Å². The van der Waals surface area contributed by atoms with Gasteiger partial charge in [0.25, 0.3) is 0 Å². The normalized spacial score (nSPS) is 19.2. The van der Waals surface area contributed by atoms with E-state index in [0.717, 1.165) is 24.5 Å². The molecule has 2 rings (SSSR count). The molecule has 0 heterocycles. The molecule has 1 aliphatic carbocycles. The van der Waals surface area contributed by atoms with Gasteiger partial charge in [-0.1, -0.05) is 12.1 Å². The summed E-state index contributed by atoms with van der Waals surface area (Å²) in [4.78, 5) is 0. The van der Waals surface area contributed by atoms with E-state index in [2.05, 4.69) is 18.2 Å². The molecule has 0 radical (unpaired) electrons. The van der Waals surface area contributed by atoms with Crippen LogP contribution < -0.4 is 4.74 Å². The van der Waals surface area contributed by atoms with Crippen molar-refractivity contribution in [2.45, 2.75) is 38.0 Å². The maximum Gasteiger partial charge on any atom is 0.122 e. The number of hydrogen-bond acceptors (Lipinski definition) is 1. The van der Waals surface area contributed by atoms with Crippen molar-refractivity contribution in [3.8, 4) is 5.75 Å². The molecule has 0 fully saturated rings. The van der Waals surface area contributed by atoms with E-state index in [1.54, 1.807) is 7.11 Å². The Balaban J connectivity index is 2.24. The summed E-state index contributed by atoms with van der Waals surface area (Å²) in [6, 6.07) is 6.44. The lowest BCUT2D eigenvalue weighted by Gasteiger charge is -2.26. The molecule has 0 saturated carbocycles. The zero-order valence-electron chi connectivity index (χ0n) is 9.84. The minimum Gasteiger partial charge on any atom is -0.496 e. The summed E-state index contributed by atoms with van der Waals surface area (Å²) in [6.45, 7) is 0. The summed E-state index contributed by atoms with van der Waals surface area (Å²) in [5.74, 6) is 2.53. The second-order valence-electron chi connectivity index (χ2n) is 4.45. The summed E-state index contributed by atoms with van der Waals surface area (Å²) < 4.78 is 5.44. The van der Waals surface area contributed by atoms with Crippen LogP contribution in [0, 0.1) is 0 Å². The second-order valence-corrected chi connectivity index (χ2v) is 4.83. The molecule has 0 spiro atoms. The average molecular weight is 239 g/mol. The van der Waals surface area contributed by atoms with Gasteiger partial charge in [-0.25, -0.2) is 0 Å². The molecule has 88 valence electrons. The van der Waals surface area contributed by atoms with Gasteiger partial charge in [0.1, 0.15) is 5.75 Å². The SMILES string of the molecule is COc1cccc2c1CCCC2CCCCl. The van der Waals surface area contributed by atoms with Crippen molar-refractivity contribution in [2.24, 2.45) is 0 Å². The van der Waals surface area contributed by atoms with Crippen LogP contribution in [-0.2, 0) is 6.42 Å². The van der Waals surface area contributed by atoms with Crippen LogP contribution in [0.5, 0.6) is 5.75 Å². The highest BCUT2D eigenvalue weighted by atomic mass is 35.5. The van der Waals surface area contributed by atoms with E-state index in [9.17, 15) is 0 Å². The fourth-order valence-electron chi connectivity index (χ4n) is 2.73. The predicted octanol–water partition coefficient (Wildman–Crippen LogP) is 4.13. The van der Waals surface area contributed by atoms with E-state index in [0.29, 0.717) is 5.92 Å². The van der Waals surface area contributed by atoms with Crippen molar-refractivity contribution in [3.05, 3.63) is 29.3 Å². The molecule has 0 saturated heterocycles. The number of halogens is 1. The van der Waals surface area contributed by atoms with E-state index < -0.39 is 0 Å². The lowest BCUT2D eigenvalue weighted by atomic mass is 9.80. The third kappa shape index (κ3) is 2.35. The first-order chi connectivity index (χ1) is 7.86. The van der Waals surface area contributed by atoms with Gasteiger partial charge < -0.3 is 4.74 Å². The first-order valence-electron chi connectivity index (χ1n) is 6.08. The number of benzene rings is 1. The van der Waals surface area contributed by atoms with Gasteiger partial charge in [0.2, 0.25) is 0 Å². The lowest BCUT2D eigenvalue weighted by Crippen LogP contribution is -2.11. The van der Waals surface area contributed by atoms with Gasteiger partial charge in [-0.15, -0.1) is 11.6 Å². The van der Waals surface area contributed by atoms with E-state index in [1.807, 2.05) is 0 Å². The van der Waals surface area contributed by atoms with Gasteiger partial charge in [-0.2, -0.15) is 0 Å². The molecule has 16 heavy (non-hydrogen) atoms. The van der Waals surface area contributed by atoms with Crippen LogP contribution in [0.25, 0.3) is 0 Å². The third-order valence-corrected chi connectivity index (χ3v) is 3.76. The molecule has 1 aromatic carbocycles. The first kappa shape index (κ1) is 11.8. The van der Waals surface area contributed by atoms with E-state index >= 15 is 0 Å². The van der Waals surface area contributed by atoms with Gasteiger partial charge in [-0.3, -0.25) is 0 Å². The molecular weight excluding hydrogens is 220 g/mol. The summed E-state index contributed by atoms with van der Waals surface area (Å²) in [5.41, 5.74) is 2.92. The minimum absolute atomic E-state index is 0.692. The Hall–Kier alpha value is -0.690. The third-order valence-electron chi connectivity index (χ3n) is 3.49. The van der Waals surface area contributed by atoms with Crippen molar-refractivity contribution >= 4 is 11.6 Å². The summed E-state index contributed by atoms with van der Waals surface area (Å²) in [7, 11) is 1.76. The molecule has 2 heteroatoms. The van der Waals surface area contributed by atoms with Gasteiger partial charge >= 0.3 is 0 Å². The molecule has 1 aliphatic rings. The molecule has 1 atom stereocenters. The molecule has 0 N–H and O–H groups in total. The smallest absolute Gasteiger partial charge is 0.122 e. The van der Waals surface area contributed by atoms with Gasteiger partial charge in [-0.05, 0) is 55.2 Å². The van der Waals surface area contributed by atoms with E-state index in [1.165, 1.54) is 30.4 Å². The number of methoxy groups -OCH3 is 1. The van der Waals surface area contributed by atoms with Crippen molar-refractivity contribution in [2.75, 3.05) is 13.0 Å². The highest BCUT2D eigenvalue weighted by Gasteiger charge is 2.21. The molecule has 1 aromatic rings. The maximum absolute atomic E-state index is 5.78. The minimum atomic E-state index is 0.692. The molecule has 0 amide bonds. The van der Waals surface area contributed by atoms with Crippen LogP contribution in [0.15, 0.2) is 18.2 Å². The fraction of sp³-hybridized carbons (Fsp3) is 0.571. The zero-order chi connectivity index (χ0) is 11.4. The largest absolute Gasteiger partial charge is 0.496 e. The summed E-state index contributed by atoms with van der Waals surface area (Å²) in [5, 5.41) is 0. The summed E-state index contributed by atoms with van der Waals surface area (Å²) in [6.07, 6.45) is 6.07. The molecule has 0 bridgehead atoms. The Bertz CT molecular complexity index is 349. The average Bonchev–Trinajstić information content (AvgIpc) is 2.35. The van der Waals surface area contributed by atoms with Crippen LogP contribution in [0.1, 0.15) is 42.7 Å². The Kier molecular flexibility index (Phi) is 4.11. The number of alkyl halides is 1. The van der Waals surface area contributed by atoms with Crippen molar-refractivity contribution < 1.29 is 4.74 Å². The van der Waals surface area contributed by atoms with Crippen LogP contribution in [0.3, 0.4) is 0 Å². The highest BCUT2D eigenvalue weighted by Crippen LogP contribution is 2.38. The van der Waals surface area contributed by atoms with Crippen LogP contribution in [0.2, 0.25) is 0 Å². The number of rotatable bonds is 4. The topological polar surface area (TPSA) is 9.23 Å². The van der Waals surface area contributed by atoms with Gasteiger partial charge in [0.15, 0.2) is 0 Å². The molecule has 0 aliphatic heterocycles. The van der Waals surface area contributed by atoms with Gasteiger partial charge in [0, 0.05) is 5.88 Å². The molecular formula is C14H19ClO. The second kappa shape index (κ2) is 5.58. The molecule has 1 unspecified atom stereocenters. The van der Waals surface area contributed by atoms with Gasteiger partial charge in [0.05, 0.1) is 7.11 Å². The quantitative estimate of drug-likeness (QED) is 0.717.